The lowest BCUT2D eigenvalue weighted by atomic mass is 10.0. The van der Waals surface area contributed by atoms with Crippen molar-refractivity contribution in [3.8, 4) is 0 Å². The van der Waals surface area contributed by atoms with E-state index in [4.69, 9.17) is 4.74 Å². The van der Waals surface area contributed by atoms with Gasteiger partial charge in [0.15, 0.2) is 0 Å². The molecule has 0 saturated heterocycles. The van der Waals surface area contributed by atoms with Gasteiger partial charge in [0, 0.05) is 5.56 Å². The van der Waals surface area contributed by atoms with E-state index < -0.39 is 0 Å². The molecule has 0 atom stereocenters. The average molecular weight is 272 g/mol. The summed E-state index contributed by atoms with van der Waals surface area (Å²) in [6.45, 7) is 0. The number of hydrogen-bond donors (Lipinski definition) is 0. The Morgan fingerprint density at radius 1 is 0.762 bits per heavy atom. The molecule has 1 aliphatic heterocycles. The van der Waals surface area contributed by atoms with Gasteiger partial charge in [-0.3, -0.25) is 0 Å². The summed E-state index contributed by atoms with van der Waals surface area (Å²) in [4.78, 5) is 11.9. The van der Waals surface area contributed by atoms with E-state index in [-0.39, 0.29) is 5.97 Å². The maximum absolute atomic E-state index is 11.9. The molecule has 3 aromatic rings. The van der Waals surface area contributed by atoms with Crippen molar-refractivity contribution in [2.24, 2.45) is 0 Å². The summed E-state index contributed by atoms with van der Waals surface area (Å²) in [5, 5.41) is 2.32. The van der Waals surface area contributed by atoms with E-state index >= 15 is 0 Å². The third-order valence-electron chi connectivity index (χ3n) is 3.73. The molecule has 4 rings (SSSR count). The van der Waals surface area contributed by atoms with Gasteiger partial charge in [-0.2, -0.15) is 0 Å². The fraction of sp³-hybridized carbons (Fsp3) is 0. The molecule has 0 aliphatic carbocycles. The van der Waals surface area contributed by atoms with Crippen LogP contribution in [0, 0.1) is 0 Å². The highest BCUT2D eigenvalue weighted by Gasteiger charge is 2.25. The predicted octanol–water partition coefficient (Wildman–Crippen LogP) is 4.51. The Bertz CT molecular complexity index is 885. The molecule has 21 heavy (non-hydrogen) atoms. The molecular formula is C19H12O2. The summed E-state index contributed by atoms with van der Waals surface area (Å²) >= 11 is 0. The van der Waals surface area contributed by atoms with Crippen LogP contribution in [0.4, 0.5) is 0 Å². The van der Waals surface area contributed by atoms with E-state index in [2.05, 4.69) is 18.2 Å². The van der Waals surface area contributed by atoms with Gasteiger partial charge in [-0.05, 0) is 28.5 Å². The fourth-order valence-electron chi connectivity index (χ4n) is 2.71. The van der Waals surface area contributed by atoms with Crippen LogP contribution in [-0.4, -0.2) is 5.97 Å². The van der Waals surface area contributed by atoms with Crippen LogP contribution in [0.3, 0.4) is 0 Å². The van der Waals surface area contributed by atoms with E-state index in [0.29, 0.717) is 11.3 Å². The SMILES string of the molecule is O=C1O/C(=C\c2cccc3ccccc23)c2ccccc21. The van der Waals surface area contributed by atoms with Gasteiger partial charge in [-0.15, -0.1) is 0 Å². The van der Waals surface area contributed by atoms with Gasteiger partial charge < -0.3 is 4.74 Å². The smallest absolute Gasteiger partial charge is 0.344 e. The number of carbonyl (C=O) groups is 1. The third kappa shape index (κ3) is 1.93. The molecule has 100 valence electrons. The number of benzene rings is 3. The van der Waals surface area contributed by atoms with Gasteiger partial charge in [0.1, 0.15) is 5.76 Å². The maximum Gasteiger partial charge on any atom is 0.344 e. The Labute approximate surface area is 122 Å². The van der Waals surface area contributed by atoms with Gasteiger partial charge in [0.2, 0.25) is 0 Å². The Balaban J connectivity index is 1.91. The molecule has 0 amide bonds. The number of cyclic esters (lactones) is 1. The first-order valence-electron chi connectivity index (χ1n) is 6.84. The molecule has 0 bridgehead atoms. The van der Waals surface area contributed by atoms with Crippen LogP contribution in [-0.2, 0) is 4.74 Å². The summed E-state index contributed by atoms with van der Waals surface area (Å²) in [6, 6.07) is 21.8. The van der Waals surface area contributed by atoms with Crippen molar-refractivity contribution in [3.05, 3.63) is 83.4 Å². The van der Waals surface area contributed by atoms with Crippen molar-refractivity contribution in [1.29, 1.82) is 0 Å². The summed E-state index contributed by atoms with van der Waals surface area (Å²) in [6.07, 6.45) is 1.94. The van der Waals surface area contributed by atoms with Crippen LogP contribution in [0.15, 0.2) is 66.7 Å². The number of hydrogen-bond acceptors (Lipinski definition) is 2. The molecule has 0 N–H and O–H groups in total. The fourth-order valence-corrected chi connectivity index (χ4v) is 2.71. The molecule has 2 nitrogen and oxygen atoms in total. The molecule has 2 heteroatoms. The Kier molecular flexibility index (Phi) is 2.61. The minimum Gasteiger partial charge on any atom is -0.422 e. The minimum absolute atomic E-state index is 0.280. The lowest BCUT2D eigenvalue weighted by molar-refractivity contribution is 0.0717. The van der Waals surface area contributed by atoms with Crippen molar-refractivity contribution in [2.75, 3.05) is 0 Å². The molecular weight excluding hydrogens is 260 g/mol. The Morgan fingerprint density at radius 2 is 1.48 bits per heavy atom. The van der Waals surface area contributed by atoms with Gasteiger partial charge in [0.25, 0.3) is 0 Å². The van der Waals surface area contributed by atoms with Crippen LogP contribution in [0.1, 0.15) is 21.5 Å². The molecule has 1 heterocycles. The van der Waals surface area contributed by atoms with Crippen molar-refractivity contribution >= 4 is 28.6 Å². The number of rotatable bonds is 1. The average Bonchev–Trinajstić information content (AvgIpc) is 2.85. The zero-order valence-corrected chi connectivity index (χ0v) is 11.2. The first-order valence-corrected chi connectivity index (χ1v) is 6.84. The minimum atomic E-state index is -0.280. The highest BCUT2D eigenvalue weighted by molar-refractivity contribution is 6.07. The molecule has 1 aliphatic rings. The van der Waals surface area contributed by atoms with Crippen LogP contribution >= 0.6 is 0 Å². The van der Waals surface area contributed by atoms with Crippen molar-refractivity contribution in [2.45, 2.75) is 0 Å². The van der Waals surface area contributed by atoms with E-state index in [1.807, 2.05) is 48.5 Å². The van der Waals surface area contributed by atoms with Gasteiger partial charge in [0.05, 0.1) is 5.56 Å². The van der Waals surface area contributed by atoms with Crippen LogP contribution in [0.5, 0.6) is 0 Å². The van der Waals surface area contributed by atoms with Crippen LogP contribution in [0.2, 0.25) is 0 Å². The maximum atomic E-state index is 11.9. The number of ether oxygens (including phenoxy) is 1. The predicted molar refractivity (Wildman–Crippen MR) is 83.7 cm³/mol. The molecule has 3 aromatic carbocycles. The molecule has 0 spiro atoms. The van der Waals surface area contributed by atoms with Crippen LogP contribution < -0.4 is 0 Å². The summed E-state index contributed by atoms with van der Waals surface area (Å²) in [5.74, 6) is 0.337. The molecule has 0 fully saturated rings. The zero-order valence-electron chi connectivity index (χ0n) is 11.2. The first-order chi connectivity index (χ1) is 10.3. The molecule has 0 saturated carbocycles. The topological polar surface area (TPSA) is 26.3 Å². The highest BCUT2D eigenvalue weighted by Crippen LogP contribution is 2.32. The number of fused-ring (bicyclic) bond motifs is 2. The second-order valence-electron chi connectivity index (χ2n) is 5.01. The first kappa shape index (κ1) is 11.9. The summed E-state index contributed by atoms with van der Waals surface area (Å²) in [5.41, 5.74) is 2.53. The van der Waals surface area contributed by atoms with Crippen LogP contribution in [0.25, 0.3) is 22.6 Å². The number of carbonyl (C=O) groups excluding carboxylic acids is 1. The molecule has 0 radical (unpaired) electrons. The third-order valence-corrected chi connectivity index (χ3v) is 3.73. The summed E-state index contributed by atoms with van der Waals surface area (Å²) < 4.78 is 5.41. The lowest BCUT2D eigenvalue weighted by Crippen LogP contribution is -1.92. The normalized spacial score (nSPS) is 15.2. The zero-order chi connectivity index (χ0) is 14.2. The monoisotopic (exact) mass is 272 g/mol. The Hall–Kier alpha value is -2.87. The summed E-state index contributed by atoms with van der Waals surface area (Å²) in [7, 11) is 0. The van der Waals surface area contributed by atoms with Crippen molar-refractivity contribution in [1.82, 2.24) is 0 Å². The van der Waals surface area contributed by atoms with E-state index in [1.54, 1.807) is 6.07 Å². The standard InChI is InChI=1S/C19H12O2/c20-19-17-11-4-3-10-16(17)18(21-19)12-14-8-5-7-13-6-1-2-9-15(13)14/h1-12H/b18-12-. The van der Waals surface area contributed by atoms with E-state index in [1.165, 1.54) is 5.39 Å². The number of esters is 1. The van der Waals surface area contributed by atoms with E-state index in [9.17, 15) is 4.79 Å². The Morgan fingerprint density at radius 3 is 2.38 bits per heavy atom. The molecule has 0 aromatic heterocycles. The lowest BCUT2D eigenvalue weighted by Gasteiger charge is -2.03. The van der Waals surface area contributed by atoms with E-state index in [0.717, 1.165) is 16.5 Å². The second kappa shape index (κ2) is 4.60. The largest absolute Gasteiger partial charge is 0.422 e. The second-order valence-corrected chi connectivity index (χ2v) is 5.01. The molecule has 0 unspecified atom stereocenters. The van der Waals surface area contributed by atoms with Crippen molar-refractivity contribution in [3.63, 3.8) is 0 Å². The quantitative estimate of drug-likeness (QED) is 0.609. The van der Waals surface area contributed by atoms with Gasteiger partial charge in [-0.25, -0.2) is 4.79 Å². The van der Waals surface area contributed by atoms with Gasteiger partial charge >= 0.3 is 5.97 Å². The highest BCUT2D eigenvalue weighted by atomic mass is 16.5. The van der Waals surface area contributed by atoms with Crippen molar-refractivity contribution < 1.29 is 9.53 Å². The van der Waals surface area contributed by atoms with Gasteiger partial charge in [-0.1, -0.05) is 60.7 Å².